The van der Waals surface area contributed by atoms with Gasteiger partial charge in [-0.3, -0.25) is 10.1 Å². The summed E-state index contributed by atoms with van der Waals surface area (Å²) in [6, 6.07) is 1.65. The summed E-state index contributed by atoms with van der Waals surface area (Å²) in [5.41, 5.74) is -3.17. The van der Waals surface area contributed by atoms with Gasteiger partial charge in [0, 0.05) is 6.07 Å². The fourth-order valence-corrected chi connectivity index (χ4v) is 1.54. The van der Waals surface area contributed by atoms with Crippen LogP contribution in [-0.2, 0) is 25.2 Å². The third kappa shape index (κ3) is 4.69. The fourth-order valence-electron chi connectivity index (χ4n) is 1.54. The quantitative estimate of drug-likeness (QED) is 0.376. The number of nitro groups is 1. The van der Waals surface area contributed by atoms with Crippen LogP contribution in [0.3, 0.4) is 0 Å². The minimum absolute atomic E-state index is 0.301. The zero-order valence-corrected chi connectivity index (χ0v) is 12.3. The van der Waals surface area contributed by atoms with E-state index in [1.807, 2.05) is 0 Å². The maximum atomic E-state index is 12.6. The Morgan fingerprint density at radius 2 is 1.88 bits per heavy atom. The van der Waals surface area contributed by atoms with Crippen molar-refractivity contribution in [2.75, 3.05) is 19.5 Å². The number of alkyl halides is 3. The standard InChI is InChI=1S/C13H11F3N2O6/c1-23-11(19)6-9(12(20)24-2)17-8-4-3-7(13(14,15)16)5-10(8)18(21)22/h3-6,17H,1-2H3/b9-6+. The van der Waals surface area contributed by atoms with Gasteiger partial charge in [0.05, 0.1) is 30.8 Å². The predicted molar refractivity (Wildman–Crippen MR) is 73.8 cm³/mol. The summed E-state index contributed by atoms with van der Waals surface area (Å²) in [6.45, 7) is 0. The van der Waals surface area contributed by atoms with E-state index in [0.717, 1.165) is 20.3 Å². The summed E-state index contributed by atoms with van der Waals surface area (Å²) in [7, 11) is 2.00. The zero-order chi connectivity index (χ0) is 18.5. The second-order valence-corrected chi connectivity index (χ2v) is 4.18. The van der Waals surface area contributed by atoms with Gasteiger partial charge in [0.1, 0.15) is 11.4 Å². The molecule has 0 spiro atoms. The average Bonchev–Trinajstić information content (AvgIpc) is 2.52. The lowest BCUT2D eigenvalue weighted by molar-refractivity contribution is -0.384. The number of methoxy groups -OCH3 is 2. The van der Waals surface area contributed by atoms with E-state index in [9.17, 15) is 32.9 Å². The van der Waals surface area contributed by atoms with Gasteiger partial charge in [-0.25, -0.2) is 9.59 Å². The number of esters is 2. The molecule has 1 aromatic rings. The molecule has 0 atom stereocenters. The van der Waals surface area contributed by atoms with E-state index >= 15 is 0 Å². The molecule has 11 heteroatoms. The number of nitro benzene ring substituents is 1. The van der Waals surface area contributed by atoms with Crippen molar-refractivity contribution in [1.29, 1.82) is 0 Å². The molecule has 130 valence electrons. The smallest absolute Gasteiger partial charge is 0.416 e. The van der Waals surface area contributed by atoms with Crippen LogP contribution in [-0.4, -0.2) is 31.1 Å². The monoisotopic (exact) mass is 348 g/mol. The molecule has 1 aromatic carbocycles. The summed E-state index contributed by atoms with van der Waals surface area (Å²) in [5, 5.41) is 13.2. The molecule has 0 unspecified atom stereocenters. The molecule has 0 aliphatic rings. The first-order valence-electron chi connectivity index (χ1n) is 6.10. The van der Waals surface area contributed by atoms with Crippen molar-refractivity contribution in [2.24, 2.45) is 0 Å². The van der Waals surface area contributed by atoms with E-state index in [1.54, 1.807) is 0 Å². The molecule has 1 N–H and O–H groups in total. The lowest BCUT2D eigenvalue weighted by Gasteiger charge is -2.11. The number of nitrogens with one attached hydrogen (secondary N) is 1. The second kappa shape index (κ2) is 7.44. The molecule has 1 rings (SSSR count). The normalized spacial score (nSPS) is 11.6. The second-order valence-electron chi connectivity index (χ2n) is 4.18. The maximum Gasteiger partial charge on any atom is 0.416 e. The highest BCUT2D eigenvalue weighted by atomic mass is 19.4. The van der Waals surface area contributed by atoms with Gasteiger partial charge >= 0.3 is 18.1 Å². The molecule has 24 heavy (non-hydrogen) atoms. The number of carbonyl (C=O) groups is 2. The molecule has 0 aromatic heterocycles. The Morgan fingerprint density at radius 1 is 1.25 bits per heavy atom. The van der Waals surface area contributed by atoms with E-state index in [2.05, 4.69) is 14.8 Å². The van der Waals surface area contributed by atoms with Gasteiger partial charge in [-0.1, -0.05) is 0 Å². The highest BCUT2D eigenvalue weighted by molar-refractivity contribution is 5.99. The first kappa shape index (κ1) is 18.9. The van der Waals surface area contributed by atoms with Crippen LogP contribution in [0.25, 0.3) is 0 Å². The molecule has 8 nitrogen and oxygen atoms in total. The molecular weight excluding hydrogens is 337 g/mol. The molecular formula is C13H11F3N2O6. The highest BCUT2D eigenvalue weighted by Gasteiger charge is 2.33. The Balaban J connectivity index is 3.34. The summed E-state index contributed by atoms with van der Waals surface area (Å²) >= 11 is 0. The number of benzene rings is 1. The number of rotatable bonds is 5. The lowest BCUT2D eigenvalue weighted by atomic mass is 10.1. The molecule has 0 saturated carbocycles. The van der Waals surface area contributed by atoms with E-state index in [4.69, 9.17) is 0 Å². The number of hydrogen-bond acceptors (Lipinski definition) is 7. The topological polar surface area (TPSA) is 108 Å². The minimum Gasteiger partial charge on any atom is -0.466 e. The molecule has 0 aliphatic heterocycles. The predicted octanol–water partition coefficient (Wildman–Crippen LogP) is 2.26. The Morgan fingerprint density at radius 3 is 2.33 bits per heavy atom. The Hall–Kier alpha value is -3.11. The number of nitrogens with zero attached hydrogens (tertiary/aromatic N) is 1. The molecule has 0 saturated heterocycles. The van der Waals surface area contributed by atoms with E-state index < -0.39 is 45.7 Å². The van der Waals surface area contributed by atoms with Crippen molar-refractivity contribution >= 4 is 23.3 Å². The number of ether oxygens (including phenoxy) is 2. The first-order chi connectivity index (χ1) is 11.1. The van der Waals surface area contributed by atoms with Crippen LogP contribution < -0.4 is 5.32 Å². The number of anilines is 1. The van der Waals surface area contributed by atoms with E-state index in [1.165, 1.54) is 0 Å². The van der Waals surface area contributed by atoms with Crippen LogP contribution in [0.5, 0.6) is 0 Å². The Bertz CT molecular complexity index is 699. The molecule has 0 heterocycles. The van der Waals surface area contributed by atoms with Crippen molar-refractivity contribution in [3.63, 3.8) is 0 Å². The van der Waals surface area contributed by atoms with Crippen molar-refractivity contribution in [1.82, 2.24) is 0 Å². The van der Waals surface area contributed by atoms with Gasteiger partial charge in [0.2, 0.25) is 0 Å². The summed E-state index contributed by atoms with van der Waals surface area (Å²) in [6.07, 6.45) is -4.14. The molecule has 0 amide bonds. The minimum atomic E-state index is -4.78. The van der Waals surface area contributed by atoms with Crippen molar-refractivity contribution in [3.05, 3.63) is 45.6 Å². The first-order valence-corrected chi connectivity index (χ1v) is 6.10. The van der Waals surface area contributed by atoms with E-state index in [0.29, 0.717) is 18.2 Å². The SMILES string of the molecule is COC(=O)/C=C(/Nc1ccc(C(F)(F)F)cc1[N+](=O)[O-])C(=O)OC. The molecule has 0 aliphatic carbocycles. The lowest BCUT2D eigenvalue weighted by Crippen LogP contribution is -2.16. The summed E-state index contributed by atoms with van der Waals surface area (Å²) in [4.78, 5) is 32.7. The average molecular weight is 348 g/mol. The Kier molecular flexibility index (Phi) is 5.87. The molecule has 0 bridgehead atoms. The van der Waals surface area contributed by atoms with Crippen molar-refractivity contribution in [3.8, 4) is 0 Å². The van der Waals surface area contributed by atoms with Gasteiger partial charge in [-0.2, -0.15) is 13.2 Å². The van der Waals surface area contributed by atoms with Gasteiger partial charge in [-0.15, -0.1) is 0 Å². The van der Waals surface area contributed by atoms with Crippen LogP contribution in [0.15, 0.2) is 30.0 Å². The third-order valence-corrected chi connectivity index (χ3v) is 2.66. The van der Waals surface area contributed by atoms with Gasteiger partial charge in [-0.05, 0) is 12.1 Å². The van der Waals surface area contributed by atoms with Crippen LogP contribution in [0.4, 0.5) is 24.5 Å². The zero-order valence-electron chi connectivity index (χ0n) is 12.3. The van der Waals surface area contributed by atoms with Crippen LogP contribution in [0.2, 0.25) is 0 Å². The van der Waals surface area contributed by atoms with Crippen LogP contribution in [0.1, 0.15) is 5.56 Å². The summed E-state index contributed by atoms with van der Waals surface area (Å²) < 4.78 is 46.6. The molecule has 0 radical (unpaired) electrons. The largest absolute Gasteiger partial charge is 0.466 e. The number of hydrogen-bond donors (Lipinski definition) is 1. The van der Waals surface area contributed by atoms with Gasteiger partial charge in [0.25, 0.3) is 5.69 Å². The van der Waals surface area contributed by atoms with Gasteiger partial charge in [0.15, 0.2) is 0 Å². The third-order valence-electron chi connectivity index (χ3n) is 2.66. The number of carbonyl (C=O) groups excluding carboxylic acids is 2. The maximum absolute atomic E-state index is 12.6. The van der Waals surface area contributed by atoms with Crippen LogP contribution >= 0.6 is 0 Å². The fraction of sp³-hybridized carbons (Fsp3) is 0.231. The van der Waals surface area contributed by atoms with Crippen molar-refractivity contribution in [2.45, 2.75) is 6.18 Å². The van der Waals surface area contributed by atoms with Crippen molar-refractivity contribution < 1.29 is 37.2 Å². The highest BCUT2D eigenvalue weighted by Crippen LogP contribution is 2.35. The molecule has 0 fully saturated rings. The van der Waals surface area contributed by atoms with E-state index in [-0.39, 0.29) is 0 Å². The summed E-state index contributed by atoms with van der Waals surface area (Å²) in [5.74, 6) is -2.05. The van der Waals surface area contributed by atoms with Crippen LogP contribution in [0, 0.1) is 10.1 Å². The number of halogens is 3. The van der Waals surface area contributed by atoms with Gasteiger partial charge < -0.3 is 14.8 Å². The Labute approximate surface area is 133 Å².